The maximum Gasteiger partial charge on any atom is 0.306 e. The molecule has 0 radical (unpaired) electrons. The van der Waals surface area contributed by atoms with Crippen molar-refractivity contribution in [2.45, 2.75) is 103 Å². The van der Waals surface area contributed by atoms with Crippen molar-refractivity contribution < 1.29 is 29.3 Å². The molecule has 2 N–H and O–H groups in total. The van der Waals surface area contributed by atoms with Crippen molar-refractivity contribution in [3.63, 3.8) is 0 Å². The second-order valence-electron chi connectivity index (χ2n) is 12.8. The summed E-state index contributed by atoms with van der Waals surface area (Å²) in [5.74, 6) is -0.0183. The molecule has 0 aromatic carbocycles. The SMILES string of the molecule is CC1=CC(=O)C=C2CC[C@@H]3[C@H](C(O)C[C@@]4(C)[C@H]3CC[C@]4(O)C(=O)COC(=O)CCC3CCCC3)[C@@]12C. The fourth-order valence-electron chi connectivity index (χ4n) is 9.10. The van der Waals surface area contributed by atoms with E-state index < -0.39 is 29.5 Å². The minimum Gasteiger partial charge on any atom is -0.458 e. The number of aliphatic hydroxyl groups is 2. The lowest BCUT2D eigenvalue weighted by Gasteiger charge is -2.60. The highest BCUT2D eigenvalue weighted by Crippen LogP contribution is 2.68. The summed E-state index contributed by atoms with van der Waals surface area (Å²) in [7, 11) is 0. The Morgan fingerprint density at radius 3 is 2.56 bits per heavy atom. The van der Waals surface area contributed by atoms with Gasteiger partial charge in [-0.3, -0.25) is 14.4 Å². The molecule has 0 aliphatic heterocycles. The number of carbonyl (C=O) groups excluding carboxylic acids is 3. The molecule has 5 aliphatic carbocycles. The van der Waals surface area contributed by atoms with Gasteiger partial charge in [-0.25, -0.2) is 0 Å². The van der Waals surface area contributed by atoms with Gasteiger partial charge in [-0.05, 0) is 75.4 Å². The van der Waals surface area contributed by atoms with Crippen molar-refractivity contribution >= 4 is 17.5 Å². The number of hydrogen-bond acceptors (Lipinski definition) is 6. The summed E-state index contributed by atoms with van der Waals surface area (Å²) >= 11 is 0. The first-order valence-corrected chi connectivity index (χ1v) is 14.0. The Balaban J connectivity index is 1.30. The molecule has 36 heavy (non-hydrogen) atoms. The zero-order valence-corrected chi connectivity index (χ0v) is 22.1. The van der Waals surface area contributed by atoms with Gasteiger partial charge < -0.3 is 14.9 Å². The third-order valence-corrected chi connectivity index (χ3v) is 11.2. The first-order chi connectivity index (χ1) is 17.0. The van der Waals surface area contributed by atoms with E-state index in [4.69, 9.17) is 4.74 Å². The molecule has 5 rings (SSSR count). The molecule has 7 atom stereocenters. The molecule has 5 aliphatic rings. The van der Waals surface area contributed by atoms with Crippen molar-refractivity contribution in [1.82, 2.24) is 0 Å². The zero-order valence-electron chi connectivity index (χ0n) is 22.1. The lowest BCUT2D eigenvalue weighted by Crippen LogP contribution is -2.62. The Labute approximate surface area is 214 Å². The molecular weight excluding hydrogens is 456 g/mol. The molecule has 1 unspecified atom stereocenters. The highest BCUT2D eigenvalue weighted by Gasteiger charge is 2.68. The molecule has 4 fully saturated rings. The lowest BCUT2D eigenvalue weighted by atomic mass is 9.45. The minimum atomic E-state index is -1.61. The van der Waals surface area contributed by atoms with E-state index in [0.717, 1.165) is 43.3 Å². The first kappa shape index (κ1) is 25.8. The van der Waals surface area contributed by atoms with Gasteiger partial charge in [-0.15, -0.1) is 0 Å². The molecular formula is C30H42O6. The van der Waals surface area contributed by atoms with E-state index in [1.54, 1.807) is 12.2 Å². The molecule has 0 spiro atoms. The summed E-state index contributed by atoms with van der Waals surface area (Å²) in [6, 6.07) is 0. The molecule has 6 nitrogen and oxygen atoms in total. The third kappa shape index (κ3) is 3.86. The number of esters is 1. The van der Waals surface area contributed by atoms with Gasteiger partial charge >= 0.3 is 5.97 Å². The number of hydrogen-bond donors (Lipinski definition) is 2. The van der Waals surface area contributed by atoms with E-state index in [1.165, 1.54) is 12.8 Å². The number of carbonyl (C=O) groups is 3. The van der Waals surface area contributed by atoms with Crippen molar-refractivity contribution in [2.24, 2.45) is 34.5 Å². The van der Waals surface area contributed by atoms with Crippen LogP contribution in [0.3, 0.4) is 0 Å². The number of ether oxygens (including phenoxy) is 1. The van der Waals surface area contributed by atoms with Gasteiger partial charge in [0.1, 0.15) is 5.60 Å². The second-order valence-corrected chi connectivity index (χ2v) is 12.8. The Kier molecular flexibility index (Phi) is 6.60. The fraction of sp³-hybridized carbons (Fsp3) is 0.767. The Hall–Kier alpha value is -1.79. The van der Waals surface area contributed by atoms with Gasteiger partial charge in [-0.1, -0.05) is 50.7 Å². The molecule has 0 aromatic rings. The van der Waals surface area contributed by atoms with Crippen LogP contribution >= 0.6 is 0 Å². The van der Waals surface area contributed by atoms with Crippen molar-refractivity contribution in [3.8, 4) is 0 Å². The van der Waals surface area contributed by atoms with E-state index in [2.05, 4.69) is 6.92 Å². The van der Waals surface area contributed by atoms with Gasteiger partial charge in [0.25, 0.3) is 0 Å². The normalized spacial score (nSPS) is 42.2. The highest BCUT2D eigenvalue weighted by molar-refractivity contribution is 6.02. The number of allylic oxidation sites excluding steroid dienone is 4. The monoisotopic (exact) mass is 498 g/mol. The molecule has 0 amide bonds. The van der Waals surface area contributed by atoms with Crippen LogP contribution in [0.2, 0.25) is 0 Å². The Bertz CT molecular complexity index is 1000. The Morgan fingerprint density at radius 2 is 1.83 bits per heavy atom. The van der Waals surface area contributed by atoms with Gasteiger partial charge in [0.15, 0.2) is 12.4 Å². The Morgan fingerprint density at radius 1 is 1.11 bits per heavy atom. The number of aliphatic hydroxyl groups excluding tert-OH is 1. The average Bonchev–Trinajstić information content (AvgIpc) is 3.43. The quantitative estimate of drug-likeness (QED) is 0.524. The van der Waals surface area contributed by atoms with E-state index in [0.29, 0.717) is 31.6 Å². The summed E-state index contributed by atoms with van der Waals surface area (Å²) < 4.78 is 5.35. The predicted octanol–water partition coefficient (Wildman–Crippen LogP) is 4.47. The van der Waals surface area contributed by atoms with E-state index in [9.17, 15) is 24.6 Å². The maximum absolute atomic E-state index is 13.4. The maximum atomic E-state index is 13.4. The summed E-state index contributed by atoms with van der Waals surface area (Å²) in [4.78, 5) is 37.9. The van der Waals surface area contributed by atoms with Crippen LogP contribution < -0.4 is 0 Å². The third-order valence-electron chi connectivity index (χ3n) is 11.2. The number of fused-ring (bicyclic) bond motifs is 5. The molecule has 0 bridgehead atoms. The van der Waals surface area contributed by atoms with Crippen LogP contribution in [0.15, 0.2) is 23.3 Å². The van der Waals surface area contributed by atoms with Gasteiger partial charge in [0.05, 0.1) is 6.10 Å². The zero-order chi connectivity index (χ0) is 25.9. The van der Waals surface area contributed by atoms with Crippen LogP contribution in [0, 0.1) is 34.5 Å². The van der Waals surface area contributed by atoms with Crippen LogP contribution in [0.4, 0.5) is 0 Å². The van der Waals surface area contributed by atoms with Crippen molar-refractivity contribution in [1.29, 1.82) is 0 Å². The standard InChI is InChI=1S/C30H42O6/c1-18-14-21(31)15-20-9-10-22-23-12-13-30(35,28(23,2)16-24(32)27(22)29(18,20)3)25(33)17-36-26(34)11-8-19-6-4-5-7-19/h14-15,19,22-24,27,32,35H,4-13,16-17H2,1-3H3/t22-,23-,24?,27+,28-,29-,30-/m0/s1. The van der Waals surface area contributed by atoms with Gasteiger partial charge in [0.2, 0.25) is 5.78 Å². The van der Waals surface area contributed by atoms with Gasteiger partial charge in [0, 0.05) is 23.2 Å². The summed E-state index contributed by atoms with van der Waals surface area (Å²) in [5, 5.41) is 23.4. The van der Waals surface area contributed by atoms with Crippen LogP contribution in [-0.2, 0) is 19.1 Å². The molecule has 0 aromatic heterocycles. The summed E-state index contributed by atoms with van der Waals surface area (Å²) in [6.45, 7) is 5.69. The number of ketones is 2. The predicted molar refractivity (Wildman–Crippen MR) is 135 cm³/mol. The molecule has 0 heterocycles. The number of rotatable bonds is 6. The van der Waals surface area contributed by atoms with E-state index >= 15 is 0 Å². The first-order valence-electron chi connectivity index (χ1n) is 14.0. The lowest BCUT2D eigenvalue weighted by molar-refractivity contribution is -0.181. The van der Waals surface area contributed by atoms with Crippen molar-refractivity contribution in [3.05, 3.63) is 23.3 Å². The summed E-state index contributed by atoms with van der Waals surface area (Å²) in [5.41, 5.74) is -0.668. The molecule has 6 heteroatoms. The second kappa shape index (κ2) is 9.20. The van der Waals surface area contributed by atoms with Crippen LogP contribution in [0.25, 0.3) is 0 Å². The molecule has 198 valence electrons. The van der Waals surface area contributed by atoms with Crippen LogP contribution in [0.5, 0.6) is 0 Å². The fourth-order valence-corrected chi connectivity index (χ4v) is 9.10. The van der Waals surface area contributed by atoms with E-state index in [-0.39, 0.29) is 34.9 Å². The van der Waals surface area contributed by atoms with Crippen LogP contribution in [0.1, 0.15) is 91.4 Å². The largest absolute Gasteiger partial charge is 0.458 e. The van der Waals surface area contributed by atoms with Gasteiger partial charge in [-0.2, -0.15) is 0 Å². The molecule has 0 saturated heterocycles. The topological polar surface area (TPSA) is 101 Å². The smallest absolute Gasteiger partial charge is 0.306 e. The molecule has 4 saturated carbocycles. The highest BCUT2D eigenvalue weighted by atomic mass is 16.5. The number of Topliss-reactive ketones (excluding diaryl/α,β-unsaturated/α-hetero) is 1. The van der Waals surface area contributed by atoms with Crippen LogP contribution in [-0.4, -0.2) is 46.1 Å². The summed E-state index contributed by atoms with van der Waals surface area (Å²) in [6.07, 6.45) is 11.6. The van der Waals surface area contributed by atoms with E-state index in [1.807, 2.05) is 13.8 Å². The van der Waals surface area contributed by atoms with Crippen molar-refractivity contribution in [2.75, 3.05) is 6.61 Å². The minimum absolute atomic E-state index is 0.0205. The average molecular weight is 499 g/mol.